The molecular weight excluding hydrogens is 298 g/mol. The fourth-order valence-corrected chi connectivity index (χ4v) is 4.80. The van der Waals surface area contributed by atoms with Crippen LogP contribution in [0.2, 0.25) is 0 Å². The Morgan fingerprint density at radius 3 is 3.12 bits per heavy atom. The second-order valence-corrected chi connectivity index (χ2v) is 7.57. The van der Waals surface area contributed by atoms with E-state index in [1.807, 2.05) is 11.3 Å². The first-order valence-electron chi connectivity index (χ1n) is 6.17. The minimum absolute atomic E-state index is 0.287. The van der Waals surface area contributed by atoms with Gasteiger partial charge in [0.25, 0.3) is 0 Å². The van der Waals surface area contributed by atoms with Gasteiger partial charge in [0.1, 0.15) is 0 Å². The van der Waals surface area contributed by atoms with Gasteiger partial charge < -0.3 is 10.1 Å². The predicted octanol–water partition coefficient (Wildman–Crippen LogP) is 3.41. The van der Waals surface area contributed by atoms with Gasteiger partial charge in [-0.1, -0.05) is 13.8 Å². The Balaban J connectivity index is 1.62. The van der Waals surface area contributed by atoms with E-state index >= 15 is 0 Å². The van der Waals surface area contributed by atoms with Crippen molar-refractivity contribution in [3.63, 3.8) is 0 Å². The number of rotatable bonds is 3. The van der Waals surface area contributed by atoms with Gasteiger partial charge in [-0.2, -0.15) is 0 Å². The first kappa shape index (κ1) is 12.2. The molecule has 0 amide bonds. The standard InChI is InChI=1S/C13H18BrNOS/c1-13(2)11(10-3-4-16-12(10)13)15-6-9-5-8(14)7-17-9/h5,7,10-12,15H,3-4,6H2,1-2H3. The maximum absolute atomic E-state index is 5.81. The average molecular weight is 316 g/mol. The minimum atomic E-state index is 0.287. The molecule has 3 atom stereocenters. The van der Waals surface area contributed by atoms with Gasteiger partial charge in [0.05, 0.1) is 6.10 Å². The van der Waals surface area contributed by atoms with Gasteiger partial charge in [-0.3, -0.25) is 0 Å². The number of ether oxygens (including phenoxy) is 1. The fraction of sp³-hybridized carbons (Fsp3) is 0.692. The van der Waals surface area contributed by atoms with Gasteiger partial charge >= 0.3 is 0 Å². The maximum Gasteiger partial charge on any atom is 0.0685 e. The van der Waals surface area contributed by atoms with Gasteiger partial charge in [0, 0.05) is 45.3 Å². The zero-order chi connectivity index (χ0) is 12.0. The largest absolute Gasteiger partial charge is 0.377 e. The number of hydrogen-bond acceptors (Lipinski definition) is 3. The molecule has 2 nitrogen and oxygen atoms in total. The molecule has 1 aliphatic heterocycles. The van der Waals surface area contributed by atoms with E-state index in [-0.39, 0.29) is 5.41 Å². The first-order valence-corrected chi connectivity index (χ1v) is 7.84. The summed E-state index contributed by atoms with van der Waals surface area (Å²) in [6.07, 6.45) is 1.70. The van der Waals surface area contributed by atoms with Crippen LogP contribution < -0.4 is 5.32 Å². The van der Waals surface area contributed by atoms with Crippen molar-refractivity contribution in [1.29, 1.82) is 0 Å². The van der Waals surface area contributed by atoms with Crippen LogP contribution in [0.1, 0.15) is 25.1 Å². The smallest absolute Gasteiger partial charge is 0.0685 e. The van der Waals surface area contributed by atoms with E-state index in [1.165, 1.54) is 15.8 Å². The van der Waals surface area contributed by atoms with E-state index in [2.05, 4.69) is 46.5 Å². The van der Waals surface area contributed by atoms with Crippen molar-refractivity contribution in [2.45, 2.75) is 39.0 Å². The molecule has 0 bridgehead atoms. The third-order valence-electron chi connectivity index (χ3n) is 4.22. The topological polar surface area (TPSA) is 21.3 Å². The summed E-state index contributed by atoms with van der Waals surface area (Å²) >= 11 is 5.31. The first-order chi connectivity index (χ1) is 8.09. The van der Waals surface area contributed by atoms with Gasteiger partial charge in [-0.25, -0.2) is 0 Å². The highest BCUT2D eigenvalue weighted by Crippen LogP contribution is 2.52. The molecule has 1 aromatic heterocycles. The van der Waals surface area contributed by atoms with Crippen molar-refractivity contribution in [3.8, 4) is 0 Å². The Bertz CT molecular complexity index is 417. The van der Waals surface area contributed by atoms with E-state index in [9.17, 15) is 0 Å². The molecule has 17 heavy (non-hydrogen) atoms. The van der Waals surface area contributed by atoms with E-state index in [0.717, 1.165) is 19.1 Å². The molecule has 0 spiro atoms. The number of halogens is 1. The SMILES string of the molecule is CC1(C)C(NCc2cc(Br)cs2)C2CCOC21. The van der Waals surface area contributed by atoms with Crippen LogP contribution in [-0.2, 0) is 11.3 Å². The quantitative estimate of drug-likeness (QED) is 0.923. The molecular formula is C13H18BrNOS. The fourth-order valence-electron chi connectivity index (χ4n) is 3.40. The molecule has 0 aromatic carbocycles. The summed E-state index contributed by atoms with van der Waals surface area (Å²) in [6, 6.07) is 2.81. The number of fused-ring (bicyclic) bond motifs is 1. The second kappa shape index (κ2) is 4.34. The Labute approximate surface area is 115 Å². The van der Waals surface area contributed by atoms with Gasteiger partial charge in [0.15, 0.2) is 0 Å². The molecule has 3 rings (SSSR count). The third-order valence-corrected chi connectivity index (χ3v) is 5.92. The maximum atomic E-state index is 5.81. The molecule has 1 N–H and O–H groups in total. The van der Waals surface area contributed by atoms with Crippen LogP contribution >= 0.6 is 27.3 Å². The van der Waals surface area contributed by atoms with Crippen LogP contribution in [0, 0.1) is 11.3 Å². The molecule has 94 valence electrons. The van der Waals surface area contributed by atoms with Crippen molar-refractivity contribution in [1.82, 2.24) is 5.32 Å². The lowest BCUT2D eigenvalue weighted by molar-refractivity contribution is -0.112. The summed E-state index contributed by atoms with van der Waals surface area (Å²) in [5.41, 5.74) is 0.287. The number of nitrogens with one attached hydrogen (secondary N) is 1. The van der Waals surface area contributed by atoms with E-state index < -0.39 is 0 Å². The summed E-state index contributed by atoms with van der Waals surface area (Å²) in [4.78, 5) is 1.40. The lowest BCUT2D eigenvalue weighted by atomic mass is 9.57. The highest BCUT2D eigenvalue weighted by molar-refractivity contribution is 9.10. The molecule has 4 heteroatoms. The number of thiophene rings is 1. The van der Waals surface area contributed by atoms with E-state index in [4.69, 9.17) is 4.74 Å². The summed E-state index contributed by atoms with van der Waals surface area (Å²) in [6.45, 7) is 6.57. The monoisotopic (exact) mass is 315 g/mol. The molecule has 2 aliphatic rings. The Morgan fingerprint density at radius 1 is 1.59 bits per heavy atom. The van der Waals surface area contributed by atoms with Crippen LogP contribution in [0.4, 0.5) is 0 Å². The van der Waals surface area contributed by atoms with Crippen LogP contribution in [0.15, 0.2) is 15.9 Å². The third kappa shape index (κ3) is 1.99. The summed E-state index contributed by atoms with van der Waals surface area (Å²) in [5, 5.41) is 5.86. The normalized spacial score (nSPS) is 34.4. The lowest BCUT2D eigenvalue weighted by Gasteiger charge is -2.55. The van der Waals surface area contributed by atoms with Crippen LogP contribution in [0.3, 0.4) is 0 Å². The minimum Gasteiger partial charge on any atom is -0.377 e. The van der Waals surface area contributed by atoms with Crippen molar-refractivity contribution in [2.75, 3.05) is 6.61 Å². The highest BCUT2D eigenvalue weighted by Gasteiger charge is 2.58. The highest BCUT2D eigenvalue weighted by atomic mass is 79.9. The van der Waals surface area contributed by atoms with Crippen LogP contribution in [0.5, 0.6) is 0 Å². The van der Waals surface area contributed by atoms with Gasteiger partial charge in [-0.15, -0.1) is 11.3 Å². The average Bonchev–Trinajstić information content (AvgIpc) is 2.86. The Hall–Kier alpha value is 0.1000. The molecule has 3 unspecified atom stereocenters. The Kier molecular flexibility index (Phi) is 3.10. The van der Waals surface area contributed by atoms with E-state index in [1.54, 1.807) is 0 Å². The number of hydrogen-bond donors (Lipinski definition) is 1. The van der Waals surface area contributed by atoms with Crippen LogP contribution in [0.25, 0.3) is 0 Å². The Morgan fingerprint density at radius 2 is 2.41 bits per heavy atom. The second-order valence-electron chi connectivity index (χ2n) is 5.66. The van der Waals surface area contributed by atoms with Gasteiger partial charge in [0.2, 0.25) is 0 Å². The molecule has 1 aliphatic carbocycles. The summed E-state index contributed by atoms with van der Waals surface area (Å²) < 4.78 is 7.00. The zero-order valence-corrected chi connectivity index (χ0v) is 12.6. The van der Waals surface area contributed by atoms with Crippen LogP contribution in [-0.4, -0.2) is 18.8 Å². The van der Waals surface area contributed by atoms with E-state index in [0.29, 0.717) is 12.1 Å². The molecule has 1 saturated heterocycles. The summed E-state index contributed by atoms with van der Waals surface area (Å²) in [5.74, 6) is 0.730. The summed E-state index contributed by atoms with van der Waals surface area (Å²) in [7, 11) is 0. The molecule has 1 aromatic rings. The molecule has 2 fully saturated rings. The lowest BCUT2D eigenvalue weighted by Crippen LogP contribution is -2.65. The van der Waals surface area contributed by atoms with Crippen molar-refractivity contribution in [3.05, 3.63) is 20.8 Å². The van der Waals surface area contributed by atoms with Crippen molar-refractivity contribution >= 4 is 27.3 Å². The predicted molar refractivity (Wildman–Crippen MR) is 74.3 cm³/mol. The molecule has 2 heterocycles. The molecule has 1 saturated carbocycles. The van der Waals surface area contributed by atoms with Crippen molar-refractivity contribution in [2.24, 2.45) is 11.3 Å². The zero-order valence-electron chi connectivity index (χ0n) is 10.2. The molecule has 0 radical (unpaired) electrons. The van der Waals surface area contributed by atoms with Crippen molar-refractivity contribution < 1.29 is 4.74 Å². The van der Waals surface area contributed by atoms with Gasteiger partial charge in [-0.05, 0) is 28.4 Å².